The van der Waals surface area contributed by atoms with Crippen LogP contribution in [0.3, 0.4) is 0 Å². The van der Waals surface area contributed by atoms with E-state index in [0.717, 1.165) is 75.5 Å². The Balaban J connectivity index is 0.00000280. The van der Waals surface area contributed by atoms with Crippen molar-refractivity contribution in [1.82, 2.24) is 15.6 Å². The maximum absolute atomic E-state index is 5.71. The van der Waals surface area contributed by atoms with Crippen LogP contribution < -0.4 is 16.0 Å². The average Bonchev–Trinajstić information content (AvgIpc) is 3.35. The number of benzene rings is 1. The number of nitrogens with one attached hydrogen (secondary N) is 3. The summed E-state index contributed by atoms with van der Waals surface area (Å²) in [6.45, 7) is 5.70. The van der Waals surface area contributed by atoms with E-state index in [2.05, 4.69) is 32.0 Å². The lowest BCUT2D eigenvalue weighted by Crippen LogP contribution is -2.40. The minimum absolute atomic E-state index is 0. The molecule has 1 unspecified atom stereocenters. The number of hydrogen-bond acceptors (Lipinski definition) is 6. The fourth-order valence-electron chi connectivity index (χ4n) is 2.86. The lowest BCUT2D eigenvalue weighted by molar-refractivity contribution is 0.0888. The Hall–Kier alpha value is -1.17. The summed E-state index contributed by atoms with van der Waals surface area (Å²) < 4.78 is 12.3. The van der Waals surface area contributed by atoms with Crippen LogP contribution >= 0.6 is 35.3 Å². The maximum Gasteiger partial charge on any atom is 0.191 e. The quantitative estimate of drug-likeness (QED) is 0.194. The summed E-state index contributed by atoms with van der Waals surface area (Å²) in [6.07, 6.45) is 2.08. The molecule has 1 fully saturated rings. The largest absolute Gasteiger partial charge is 0.381 e. The predicted molar refractivity (Wildman–Crippen MR) is 127 cm³/mol. The van der Waals surface area contributed by atoms with Crippen LogP contribution in [0.25, 0.3) is 10.2 Å². The van der Waals surface area contributed by atoms with Gasteiger partial charge < -0.3 is 25.4 Å². The Bertz CT molecular complexity index is 688. The normalized spacial score (nSPS) is 16.8. The fraction of sp³-hybridized carbons (Fsp3) is 0.579. The van der Waals surface area contributed by atoms with E-state index in [-0.39, 0.29) is 24.0 Å². The molecule has 0 amide bonds. The molecule has 1 aliphatic heterocycles. The van der Waals surface area contributed by atoms with E-state index >= 15 is 0 Å². The summed E-state index contributed by atoms with van der Waals surface area (Å²) in [6, 6.07) is 8.17. The summed E-state index contributed by atoms with van der Waals surface area (Å²) in [7, 11) is 1.78. The Morgan fingerprint density at radius 3 is 2.93 bits per heavy atom. The number of aliphatic imine (C=N–C) groups is 1. The van der Waals surface area contributed by atoms with Crippen molar-refractivity contribution in [3.05, 3.63) is 24.3 Å². The van der Waals surface area contributed by atoms with Crippen LogP contribution in [0.2, 0.25) is 0 Å². The molecule has 2 aromatic rings. The Morgan fingerprint density at radius 2 is 2.14 bits per heavy atom. The summed E-state index contributed by atoms with van der Waals surface area (Å²) >= 11 is 1.67. The first-order chi connectivity index (χ1) is 13.3. The standard InChI is InChI=1S/C19H29N5O2S.HI/c1-20-18(21-8-4-11-25-13-15-7-12-26-14-15)22-9-10-23-19-24-16-5-2-3-6-17(16)27-19;/h2-3,5-6,15H,4,7-14H2,1H3,(H,23,24)(H2,20,21,22);1H. The van der Waals surface area contributed by atoms with E-state index in [1.54, 1.807) is 18.4 Å². The Kier molecular flexibility index (Phi) is 10.8. The number of halogens is 1. The first-order valence-electron chi connectivity index (χ1n) is 9.54. The lowest BCUT2D eigenvalue weighted by atomic mass is 10.1. The molecule has 3 N–H and O–H groups in total. The van der Waals surface area contributed by atoms with Crippen molar-refractivity contribution >= 4 is 56.6 Å². The van der Waals surface area contributed by atoms with Gasteiger partial charge in [-0.25, -0.2) is 4.98 Å². The number of thiazole rings is 1. The van der Waals surface area contributed by atoms with Crippen molar-refractivity contribution in [2.24, 2.45) is 10.9 Å². The number of nitrogens with zero attached hydrogens (tertiary/aromatic N) is 2. The Labute approximate surface area is 187 Å². The second kappa shape index (κ2) is 13.1. The van der Waals surface area contributed by atoms with Crippen molar-refractivity contribution in [3.63, 3.8) is 0 Å². The zero-order chi connectivity index (χ0) is 18.7. The van der Waals surface area contributed by atoms with E-state index in [1.165, 1.54) is 4.70 Å². The Morgan fingerprint density at radius 1 is 1.29 bits per heavy atom. The lowest BCUT2D eigenvalue weighted by Gasteiger charge is -2.12. The van der Waals surface area contributed by atoms with Gasteiger partial charge in [0.1, 0.15) is 0 Å². The van der Waals surface area contributed by atoms with Gasteiger partial charge in [-0.2, -0.15) is 0 Å². The maximum atomic E-state index is 5.71. The number of anilines is 1. The van der Waals surface area contributed by atoms with E-state index in [9.17, 15) is 0 Å². The summed E-state index contributed by atoms with van der Waals surface area (Å²) in [5.41, 5.74) is 1.04. The van der Waals surface area contributed by atoms with Gasteiger partial charge in [0.05, 0.1) is 23.4 Å². The van der Waals surface area contributed by atoms with Gasteiger partial charge in [-0.15, -0.1) is 24.0 Å². The second-order valence-electron chi connectivity index (χ2n) is 6.50. The zero-order valence-corrected chi connectivity index (χ0v) is 19.4. The third kappa shape index (κ3) is 7.69. The topological polar surface area (TPSA) is 79.8 Å². The second-order valence-corrected chi connectivity index (χ2v) is 7.53. The smallest absolute Gasteiger partial charge is 0.191 e. The molecule has 0 saturated carbocycles. The van der Waals surface area contributed by atoms with Gasteiger partial charge in [0.25, 0.3) is 0 Å². The molecule has 0 radical (unpaired) electrons. The molecule has 156 valence electrons. The van der Waals surface area contributed by atoms with Crippen LogP contribution in [0.4, 0.5) is 5.13 Å². The highest BCUT2D eigenvalue weighted by Crippen LogP contribution is 2.24. The monoisotopic (exact) mass is 519 g/mol. The van der Waals surface area contributed by atoms with Crippen LogP contribution in [0.1, 0.15) is 12.8 Å². The van der Waals surface area contributed by atoms with Crippen LogP contribution in [0, 0.1) is 5.92 Å². The number of fused-ring (bicyclic) bond motifs is 1. The van der Waals surface area contributed by atoms with Crippen LogP contribution in [-0.2, 0) is 9.47 Å². The highest BCUT2D eigenvalue weighted by Gasteiger charge is 2.15. The number of rotatable bonds is 10. The fourth-order valence-corrected chi connectivity index (χ4v) is 3.76. The minimum atomic E-state index is 0. The average molecular weight is 519 g/mol. The van der Waals surface area contributed by atoms with Gasteiger partial charge in [-0.3, -0.25) is 4.99 Å². The van der Waals surface area contributed by atoms with E-state index in [4.69, 9.17) is 9.47 Å². The molecule has 0 aliphatic carbocycles. The minimum Gasteiger partial charge on any atom is -0.381 e. The van der Waals surface area contributed by atoms with Gasteiger partial charge in [0.2, 0.25) is 0 Å². The molecule has 2 heterocycles. The molecule has 1 atom stereocenters. The molecular weight excluding hydrogens is 489 g/mol. The molecule has 0 spiro atoms. The zero-order valence-electron chi connectivity index (χ0n) is 16.3. The molecule has 1 aliphatic rings. The molecule has 3 rings (SSSR count). The van der Waals surface area contributed by atoms with Crippen LogP contribution in [0.15, 0.2) is 29.3 Å². The molecule has 1 saturated heterocycles. The molecular formula is C19H30IN5O2S. The molecule has 7 nitrogen and oxygen atoms in total. The highest BCUT2D eigenvalue weighted by molar-refractivity contribution is 14.0. The van der Waals surface area contributed by atoms with Crippen LogP contribution in [0.5, 0.6) is 0 Å². The molecule has 28 heavy (non-hydrogen) atoms. The predicted octanol–water partition coefficient (Wildman–Crippen LogP) is 2.93. The van der Waals surface area contributed by atoms with Gasteiger partial charge in [0, 0.05) is 45.8 Å². The third-order valence-corrected chi connectivity index (χ3v) is 5.34. The summed E-state index contributed by atoms with van der Waals surface area (Å²) in [4.78, 5) is 8.81. The number of para-hydroxylation sites is 1. The van der Waals surface area contributed by atoms with Gasteiger partial charge in [-0.05, 0) is 25.0 Å². The summed E-state index contributed by atoms with van der Waals surface area (Å²) in [5.74, 6) is 1.39. The van der Waals surface area contributed by atoms with Gasteiger partial charge >= 0.3 is 0 Å². The van der Waals surface area contributed by atoms with E-state index in [0.29, 0.717) is 5.92 Å². The number of ether oxygens (including phenoxy) is 2. The highest BCUT2D eigenvalue weighted by atomic mass is 127. The van der Waals surface area contributed by atoms with Gasteiger partial charge in [-0.1, -0.05) is 23.5 Å². The first-order valence-corrected chi connectivity index (χ1v) is 10.4. The SMILES string of the molecule is CN=C(NCCCOCC1CCOC1)NCCNc1nc2ccccc2s1.I. The van der Waals surface area contributed by atoms with Crippen molar-refractivity contribution in [2.45, 2.75) is 12.8 Å². The number of hydrogen-bond donors (Lipinski definition) is 3. The van der Waals surface area contributed by atoms with Crippen molar-refractivity contribution in [1.29, 1.82) is 0 Å². The van der Waals surface area contributed by atoms with Crippen molar-refractivity contribution in [3.8, 4) is 0 Å². The van der Waals surface area contributed by atoms with Gasteiger partial charge in [0.15, 0.2) is 11.1 Å². The molecule has 1 aromatic carbocycles. The number of aromatic nitrogens is 1. The van der Waals surface area contributed by atoms with Crippen molar-refractivity contribution in [2.75, 3.05) is 58.4 Å². The number of guanidine groups is 1. The third-order valence-electron chi connectivity index (χ3n) is 4.35. The molecule has 9 heteroatoms. The summed E-state index contributed by atoms with van der Waals surface area (Å²) in [5, 5.41) is 10.9. The van der Waals surface area contributed by atoms with E-state index < -0.39 is 0 Å². The van der Waals surface area contributed by atoms with Crippen molar-refractivity contribution < 1.29 is 9.47 Å². The molecule has 1 aromatic heterocycles. The van der Waals surface area contributed by atoms with E-state index in [1.807, 2.05) is 18.2 Å². The molecule has 0 bridgehead atoms. The first kappa shape index (κ1) is 23.1. The van der Waals surface area contributed by atoms with Crippen LogP contribution in [-0.4, -0.2) is 64.1 Å².